The van der Waals surface area contributed by atoms with Gasteiger partial charge in [-0.05, 0) is 30.2 Å². The number of carbonyl (C=O) groups is 1. The second-order valence-corrected chi connectivity index (χ2v) is 7.31. The van der Waals surface area contributed by atoms with Crippen LogP contribution in [0.2, 0.25) is 0 Å². The average molecular weight is 400 g/mol. The Balaban J connectivity index is 1.82. The first-order chi connectivity index (χ1) is 12.1. The normalized spacial score (nSPS) is 21.5. The molecule has 0 saturated carbocycles. The van der Waals surface area contributed by atoms with Crippen molar-refractivity contribution in [1.82, 2.24) is 4.90 Å². The zero-order chi connectivity index (χ0) is 17.9. The molecule has 1 amide bonds. The zero-order valence-electron chi connectivity index (χ0n) is 14.3. The maximum absolute atomic E-state index is 12.8. The van der Waals surface area contributed by atoms with Gasteiger partial charge in [0.15, 0.2) is 0 Å². The predicted molar refractivity (Wildman–Crippen MR) is 103 cm³/mol. The summed E-state index contributed by atoms with van der Waals surface area (Å²) in [6.45, 7) is 6.54. The van der Waals surface area contributed by atoms with Crippen LogP contribution in [0.15, 0.2) is 71.7 Å². The van der Waals surface area contributed by atoms with Crippen LogP contribution in [0.4, 0.5) is 4.79 Å². The van der Waals surface area contributed by atoms with Gasteiger partial charge in [0.25, 0.3) is 0 Å². The second kappa shape index (κ2) is 7.44. The lowest BCUT2D eigenvalue weighted by Crippen LogP contribution is -2.48. The molecule has 0 spiro atoms. The summed E-state index contributed by atoms with van der Waals surface area (Å²) in [6, 6.07) is 18.0. The Morgan fingerprint density at radius 2 is 1.92 bits per heavy atom. The van der Waals surface area contributed by atoms with Gasteiger partial charge in [-0.15, -0.1) is 6.58 Å². The third-order valence-corrected chi connectivity index (χ3v) is 5.40. The number of cyclic esters (lactones) is 1. The number of carbonyl (C=O) groups excluding carboxylic acids is 1. The van der Waals surface area contributed by atoms with Crippen molar-refractivity contribution >= 4 is 22.0 Å². The zero-order valence-corrected chi connectivity index (χ0v) is 15.9. The minimum atomic E-state index is -0.615. The fourth-order valence-corrected chi connectivity index (χ4v) is 3.65. The maximum atomic E-state index is 12.8. The van der Waals surface area contributed by atoms with Crippen molar-refractivity contribution in [2.45, 2.75) is 31.4 Å². The minimum absolute atomic E-state index is 0.0295. The summed E-state index contributed by atoms with van der Waals surface area (Å²) in [4.78, 5) is 14.6. The van der Waals surface area contributed by atoms with Crippen molar-refractivity contribution in [3.8, 4) is 0 Å². The summed E-state index contributed by atoms with van der Waals surface area (Å²) in [7, 11) is 0. The molecule has 0 aliphatic carbocycles. The van der Waals surface area contributed by atoms with Crippen LogP contribution in [0.3, 0.4) is 0 Å². The molecule has 3 nitrogen and oxygen atoms in total. The van der Waals surface area contributed by atoms with E-state index in [2.05, 4.69) is 22.5 Å². The molecule has 4 heteroatoms. The smallest absolute Gasteiger partial charge is 0.411 e. The average Bonchev–Trinajstić information content (AvgIpc) is 2.63. The molecule has 1 fully saturated rings. The lowest BCUT2D eigenvalue weighted by molar-refractivity contribution is -0.0588. The molecule has 0 bridgehead atoms. The summed E-state index contributed by atoms with van der Waals surface area (Å²) >= 11 is 3.45. The molecule has 1 heterocycles. The Labute approximate surface area is 157 Å². The van der Waals surface area contributed by atoms with Crippen LogP contribution < -0.4 is 0 Å². The molecule has 0 aromatic heterocycles. The molecule has 2 aromatic rings. The lowest BCUT2D eigenvalue weighted by Gasteiger charge is -2.43. The first-order valence-corrected chi connectivity index (χ1v) is 9.26. The van der Waals surface area contributed by atoms with E-state index in [1.807, 2.05) is 67.6 Å². The second-order valence-electron chi connectivity index (χ2n) is 6.39. The van der Waals surface area contributed by atoms with E-state index in [0.29, 0.717) is 13.0 Å². The van der Waals surface area contributed by atoms with E-state index < -0.39 is 5.60 Å². The fraction of sp³-hybridized carbons (Fsp3) is 0.286. The number of rotatable bonds is 5. The molecule has 25 heavy (non-hydrogen) atoms. The summed E-state index contributed by atoms with van der Waals surface area (Å²) in [6.07, 6.45) is 2.92. The van der Waals surface area contributed by atoms with Gasteiger partial charge < -0.3 is 9.64 Å². The molecule has 2 atom stereocenters. The number of halogens is 1. The van der Waals surface area contributed by atoms with Crippen LogP contribution in [0.1, 0.15) is 36.9 Å². The number of benzene rings is 2. The first kappa shape index (κ1) is 17.7. The van der Waals surface area contributed by atoms with Crippen molar-refractivity contribution < 1.29 is 9.53 Å². The van der Waals surface area contributed by atoms with E-state index in [0.717, 1.165) is 22.0 Å². The van der Waals surface area contributed by atoms with Gasteiger partial charge in [-0.1, -0.05) is 64.5 Å². The van der Waals surface area contributed by atoms with E-state index in [9.17, 15) is 4.79 Å². The molecule has 1 saturated heterocycles. The van der Waals surface area contributed by atoms with Gasteiger partial charge in [-0.25, -0.2) is 4.79 Å². The quantitative estimate of drug-likeness (QED) is 0.592. The molecule has 3 rings (SSSR count). The Kier molecular flexibility index (Phi) is 5.28. The Bertz CT molecular complexity index is 744. The van der Waals surface area contributed by atoms with Crippen LogP contribution in [-0.2, 0) is 10.3 Å². The highest BCUT2D eigenvalue weighted by Gasteiger charge is 2.42. The lowest BCUT2D eigenvalue weighted by atomic mass is 9.85. The van der Waals surface area contributed by atoms with Crippen molar-refractivity contribution in [3.05, 3.63) is 82.9 Å². The molecule has 1 aliphatic rings. The first-order valence-electron chi connectivity index (χ1n) is 8.47. The van der Waals surface area contributed by atoms with Crippen LogP contribution in [0.5, 0.6) is 0 Å². The van der Waals surface area contributed by atoms with Gasteiger partial charge in [0, 0.05) is 23.9 Å². The Morgan fingerprint density at radius 3 is 2.52 bits per heavy atom. The van der Waals surface area contributed by atoms with Gasteiger partial charge >= 0.3 is 6.09 Å². The fourth-order valence-electron chi connectivity index (χ4n) is 3.38. The van der Waals surface area contributed by atoms with Crippen molar-refractivity contribution in [2.24, 2.45) is 0 Å². The van der Waals surface area contributed by atoms with Crippen LogP contribution >= 0.6 is 15.9 Å². The summed E-state index contributed by atoms with van der Waals surface area (Å²) in [5, 5.41) is 0. The summed E-state index contributed by atoms with van der Waals surface area (Å²) < 4.78 is 7.01. The Morgan fingerprint density at radius 1 is 1.24 bits per heavy atom. The number of nitrogens with zero attached hydrogens (tertiary/aromatic N) is 1. The number of ether oxygens (including phenoxy) is 1. The van der Waals surface area contributed by atoms with Gasteiger partial charge in [0.2, 0.25) is 0 Å². The third-order valence-electron chi connectivity index (χ3n) is 4.87. The van der Waals surface area contributed by atoms with E-state index in [1.54, 1.807) is 4.90 Å². The summed E-state index contributed by atoms with van der Waals surface area (Å²) in [5.41, 5.74) is 1.51. The minimum Gasteiger partial charge on any atom is -0.437 e. The van der Waals surface area contributed by atoms with E-state index >= 15 is 0 Å². The van der Waals surface area contributed by atoms with Crippen molar-refractivity contribution in [1.29, 1.82) is 0 Å². The Hall–Kier alpha value is -2.07. The number of hydrogen-bond acceptors (Lipinski definition) is 2. The van der Waals surface area contributed by atoms with Gasteiger partial charge in [-0.2, -0.15) is 0 Å². The highest BCUT2D eigenvalue weighted by Crippen LogP contribution is 2.39. The van der Waals surface area contributed by atoms with Crippen molar-refractivity contribution in [3.63, 3.8) is 0 Å². The van der Waals surface area contributed by atoms with Gasteiger partial charge in [0.1, 0.15) is 5.60 Å². The van der Waals surface area contributed by atoms with Gasteiger partial charge in [0.05, 0.1) is 6.04 Å². The maximum Gasteiger partial charge on any atom is 0.411 e. The molecule has 0 radical (unpaired) electrons. The highest BCUT2D eigenvalue weighted by atomic mass is 79.9. The van der Waals surface area contributed by atoms with E-state index in [1.165, 1.54) is 0 Å². The predicted octanol–water partition coefficient (Wildman–Crippen LogP) is 5.82. The standard InChI is InChI=1S/C21H22BrNO2/c1-3-13-21(18-7-5-4-6-8-18)14-15-23(20(24)25-21)16(2)17-9-11-19(22)12-10-17/h3-12,16H,1,13-15H2,2H3/t16-,21+/m0/s1. The largest absolute Gasteiger partial charge is 0.437 e. The third kappa shape index (κ3) is 3.64. The monoisotopic (exact) mass is 399 g/mol. The SMILES string of the molecule is C=CC[C@]1(c2ccccc2)CCN([C@@H](C)c2ccc(Br)cc2)C(=O)O1. The molecular weight excluding hydrogens is 378 g/mol. The van der Waals surface area contributed by atoms with Crippen LogP contribution in [0.25, 0.3) is 0 Å². The van der Waals surface area contributed by atoms with Crippen molar-refractivity contribution in [2.75, 3.05) is 6.54 Å². The molecule has 1 aliphatic heterocycles. The summed E-state index contributed by atoms with van der Waals surface area (Å²) in [5.74, 6) is 0. The molecular formula is C21H22BrNO2. The molecule has 0 N–H and O–H groups in total. The molecule has 0 unspecified atom stereocenters. The van der Waals surface area contributed by atoms with Gasteiger partial charge in [-0.3, -0.25) is 0 Å². The topological polar surface area (TPSA) is 29.5 Å². The van der Waals surface area contributed by atoms with Crippen LogP contribution in [0, 0.1) is 0 Å². The number of amides is 1. The van der Waals surface area contributed by atoms with E-state index in [4.69, 9.17) is 4.74 Å². The highest BCUT2D eigenvalue weighted by molar-refractivity contribution is 9.10. The molecule has 130 valence electrons. The molecule has 2 aromatic carbocycles. The van der Waals surface area contributed by atoms with E-state index in [-0.39, 0.29) is 12.1 Å². The number of hydrogen-bond donors (Lipinski definition) is 0. The van der Waals surface area contributed by atoms with Crippen LogP contribution in [-0.4, -0.2) is 17.5 Å².